The molecule has 1 aromatic carbocycles. The van der Waals surface area contributed by atoms with E-state index in [2.05, 4.69) is 6.07 Å². The fraction of sp³-hybridized carbons (Fsp3) is 0.143. The molecule has 39 valence electrons. The summed E-state index contributed by atoms with van der Waals surface area (Å²) < 4.78 is 0. The van der Waals surface area contributed by atoms with Crippen molar-refractivity contribution >= 4 is 0 Å². The normalized spacial score (nSPS) is 7.62. The second-order valence-electron chi connectivity index (χ2n) is 1.55. The van der Waals surface area contributed by atoms with Crippen molar-refractivity contribution in [3.8, 4) is 0 Å². The van der Waals surface area contributed by atoms with Crippen molar-refractivity contribution in [3.05, 3.63) is 35.9 Å². The quantitative estimate of drug-likeness (QED) is 0.598. The first-order valence-corrected chi connectivity index (χ1v) is 2.33. The molecule has 8 heavy (non-hydrogen) atoms. The molecule has 0 saturated carbocycles. The summed E-state index contributed by atoms with van der Waals surface area (Å²) in [6.07, 6.45) is 0. The molecular weight excluding hydrogens is 225 g/mol. The van der Waals surface area contributed by atoms with Crippen LogP contribution in [-0.4, -0.2) is 0 Å². The predicted octanol–water partition coefficient (Wildman–Crippen LogP) is 1.80. The average molecular weight is 232 g/mol. The molecule has 0 fully saturated rings. The van der Waals surface area contributed by atoms with Crippen LogP contribution in [0.3, 0.4) is 0 Å². The molecule has 0 aliphatic heterocycles. The fourth-order valence-electron chi connectivity index (χ4n) is 0.483. The van der Waals surface area contributed by atoms with Crippen LogP contribution >= 0.6 is 0 Å². The summed E-state index contributed by atoms with van der Waals surface area (Å²) in [6.45, 7) is 2.03. The van der Waals surface area contributed by atoms with Gasteiger partial charge in [0.15, 0.2) is 0 Å². The van der Waals surface area contributed by atoms with Gasteiger partial charge in [-0.3, -0.25) is 0 Å². The van der Waals surface area contributed by atoms with Gasteiger partial charge in [0.05, 0.1) is 0 Å². The summed E-state index contributed by atoms with van der Waals surface area (Å²) >= 11 is 0. The second-order valence-corrected chi connectivity index (χ2v) is 1.55. The van der Waals surface area contributed by atoms with Gasteiger partial charge in [0.2, 0.25) is 0 Å². The van der Waals surface area contributed by atoms with E-state index in [1.165, 1.54) is 5.56 Å². The SMILES string of the molecule is Cc1[c-]cccc1.[Pr]. The number of rotatable bonds is 0. The number of benzene rings is 1. The summed E-state index contributed by atoms with van der Waals surface area (Å²) in [7, 11) is 0. The van der Waals surface area contributed by atoms with E-state index in [1.807, 2.05) is 31.2 Å². The maximum Gasteiger partial charge on any atom is 0 e. The molecule has 0 unspecified atom stereocenters. The van der Waals surface area contributed by atoms with Gasteiger partial charge in [0.25, 0.3) is 0 Å². The average Bonchev–Trinajstić information content (AvgIpc) is 1.69. The molecule has 0 heterocycles. The van der Waals surface area contributed by atoms with Crippen molar-refractivity contribution in [2.45, 2.75) is 6.92 Å². The van der Waals surface area contributed by atoms with Crippen LogP contribution in [0.4, 0.5) is 0 Å². The van der Waals surface area contributed by atoms with Gasteiger partial charge in [0, 0.05) is 41.3 Å². The molecule has 0 aliphatic rings. The first-order chi connectivity index (χ1) is 3.39. The van der Waals surface area contributed by atoms with E-state index >= 15 is 0 Å². The fourth-order valence-corrected chi connectivity index (χ4v) is 0.483. The first-order valence-electron chi connectivity index (χ1n) is 2.33. The van der Waals surface area contributed by atoms with Gasteiger partial charge in [-0.1, -0.05) is 6.92 Å². The predicted molar refractivity (Wildman–Crippen MR) is 30.0 cm³/mol. The Hall–Kier alpha value is 0.584. The molecule has 0 N–H and O–H groups in total. The zero-order valence-electron chi connectivity index (χ0n) is 4.89. The summed E-state index contributed by atoms with van der Waals surface area (Å²) in [5.74, 6) is 0. The molecule has 1 radical (unpaired) electrons. The number of hydrogen-bond acceptors (Lipinski definition) is 0. The van der Waals surface area contributed by atoms with Crippen molar-refractivity contribution in [2.24, 2.45) is 0 Å². The van der Waals surface area contributed by atoms with E-state index in [0.29, 0.717) is 0 Å². The Bertz CT molecular complexity index is 134. The summed E-state index contributed by atoms with van der Waals surface area (Å²) in [5, 5.41) is 0. The Labute approximate surface area is 83.3 Å². The van der Waals surface area contributed by atoms with Crippen molar-refractivity contribution in [1.82, 2.24) is 0 Å². The topological polar surface area (TPSA) is 0 Å². The molecule has 1 rings (SSSR count). The molecule has 0 aliphatic carbocycles. The van der Waals surface area contributed by atoms with E-state index in [1.54, 1.807) is 0 Å². The van der Waals surface area contributed by atoms with Crippen molar-refractivity contribution in [3.63, 3.8) is 0 Å². The molecule has 1 heteroatoms. The minimum absolute atomic E-state index is 0. The molecular formula is C7H7Pr-. The minimum atomic E-state index is 0. The smallest absolute Gasteiger partial charge is 0 e. The van der Waals surface area contributed by atoms with Crippen LogP contribution in [0.1, 0.15) is 5.56 Å². The van der Waals surface area contributed by atoms with Crippen LogP contribution in [0.5, 0.6) is 0 Å². The van der Waals surface area contributed by atoms with Crippen LogP contribution in [0.25, 0.3) is 0 Å². The number of hydrogen-bond donors (Lipinski definition) is 0. The van der Waals surface area contributed by atoms with Gasteiger partial charge in [-0.2, -0.15) is 35.9 Å². The summed E-state index contributed by atoms with van der Waals surface area (Å²) in [6, 6.07) is 10.9. The van der Waals surface area contributed by atoms with Crippen molar-refractivity contribution in [2.75, 3.05) is 0 Å². The van der Waals surface area contributed by atoms with Crippen molar-refractivity contribution < 1.29 is 41.3 Å². The molecule has 0 bridgehead atoms. The third kappa shape index (κ3) is 2.79. The standard InChI is InChI=1S/C7H7.Pr/c1-7-5-3-2-4-6-7;/h2-5H,1H3;/q-1;. The van der Waals surface area contributed by atoms with E-state index in [0.717, 1.165) is 0 Å². The second kappa shape index (κ2) is 4.46. The molecule has 0 saturated heterocycles. The van der Waals surface area contributed by atoms with E-state index in [9.17, 15) is 0 Å². The van der Waals surface area contributed by atoms with Gasteiger partial charge < -0.3 is 0 Å². The summed E-state index contributed by atoms with van der Waals surface area (Å²) in [4.78, 5) is 0. The van der Waals surface area contributed by atoms with Gasteiger partial charge in [-0.15, -0.1) is 0 Å². The molecule has 0 atom stereocenters. The zero-order valence-corrected chi connectivity index (χ0v) is 8.59. The monoisotopic (exact) mass is 232 g/mol. The largest absolute Gasteiger partial charge is 0.181 e. The minimum Gasteiger partial charge on any atom is -0.181 e. The third-order valence-corrected chi connectivity index (χ3v) is 0.865. The maximum atomic E-state index is 3.03. The van der Waals surface area contributed by atoms with Gasteiger partial charge in [-0.05, 0) is 0 Å². The van der Waals surface area contributed by atoms with Gasteiger partial charge in [0.1, 0.15) is 0 Å². The molecule has 0 aromatic heterocycles. The van der Waals surface area contributed by atoms with Gasteiger partial charge >= 0.3 is 0 Å². The molecule has 1 aromatic rings. The Kier molecular flexibility index (Phi) is 4.79. The maximum absolute atomic E-state index is 3.03. The Morgan fingerprint density at radius 1 is 1.38 bits per heavy atom. The number of aryl methyl sites for hydroxylation is 1. The molecule has 0 amide bonds. The zero-order chi connectivity index (χ0) is 5.11. The van der Waals surface area contributed by atoms with E-state index < -0.39 is 0 Å². The Morgan fingerprint density at radius 2 is 2.12 bits per heavy atom. The summed E-state index contributed by atoms with van der Waals surface area (Å²) in [5.41, 5.74) is 1.20. The van der Waals surface area contributed by atoms with Crippen LogP contribution in [0.2, 0.25) is 0 Å². The van der Waals surface area contributed by atoms with Gasteiger partial charge in [-0.25, -0.2) is 0 Å². The van der Waals surface area contributed by atoms with Crippen LogP contribution in [-0.2, 0) is 0 Å². The van der Waals surface area contributed by atoms with Crippen LogP contribution < -0.4 is 0 Å². The Balaban J connectivity index is 0.000000490. The molecule has 0 nitrogen and oxygen atoms in total. The van der Waals surface area contributed by atoms with E-state index in [-0.39, 0.29) is 41.3 Å². The van der Waals surface area contributed by atoms with Crippen LogP contribution in [0, 0.1) is 54.3 Å². The third-order valence-electron chi connectivity index (χ3n) is 0.865. The Morgan fingerprint density at radius 3 is 2.38 bits per heavy atom. The van der Waals surface area contributed by atoms with Crippen molar-refractivity contribution in [1.29, 1.82) is 0 Å². The van der Waals surface area contributed by atoms with Crippen LogP contribution in [0.15, 0.2) is 24.3 Å². The first kappa shape index (κ1) is 8.58. The molecule has 0 spiro atoms. The van der Waals surface area contributed by atoms with E-state index in [4.69, 9.17) is 0 Å².